The van der Waals surface area contributed by atoms with Crippen molar-refractivity contribution in [3.05, 3.63) is 35.9 Å². The maximum atomic E-state index is 6.90. The molecule has 0 bridgehead atoms. The number of benzene rings is 1. The number of nitrogens with zero attached hydrogens (tertiary/aromatic N) is 1. The van der Waals surface area contributed by atoms with Gasteiger partial charge >= 0.3 is 0 Å². The Morgan fingerprint density at radius 2 is 2.07 bits per heavy atom. The van der Waals surface area contributed by atoms with Crippen LogP contribution in [0.3, 0.4) is 0 Å². The van der Waals surface area contributed by atoms with Crippen molar-refractivity contribution >= 4 is 6.01 Å². The van der Waals surface area contributed by atoms with E-state index < -0.39 is 0 Å². The summed E-state index contributed by atoms with van der Waals surface area (Å²) in [6, 6.07) is 12.4. The van der Waals surface area contributed by atoms with Crippen LogP contribution < -0.4 is 0 Å². The van der Waals surface area contributed by atoms with E-state index in [1.165, 1.54) is 5.56 Å². The number of aliphatic imine (C=N–C) groups is 1. The van der Waals surface area contributed by atoms with Crippen molar-refractivity contribution in [1.82, 2.24) is 0 Å². The molecule has 0 fully saturated rings. The molecule has 1 aromatic rings. The van der Waals surface area contributed by atoms with E-state index in [0.29, 0.717) is 0 Å². The van der Waals surface area contributed by atoms with Crippen molar-refractivity contribution in [3.63, 3.8) is 0 Å². The largest absolute Gasteiger partial charge is 0.242 e. The van der Waals surface area contributed by atoms with Crippen molar-refractivity contribution in [1.29, 1.82) is 5.41 Å². The monoisotopic (exact) mass is 188 g/mol. The van der Waals surface area contributed by atoms with Gasteiger partial charge in [0, 0.05) is 0 Å². The first kappa shape index (κ1) is 10.7. The summed E-state index contributed by atoms with van der Waals surface area (Å²) >= 11 is 0. The third kappa shape index (κ3) is 3.15. The van der Waals surface area contributed by atoms with Gasteiger partial charge in [-0.1, -0.05) is 50.1 Å². The fourth-order valence-electron chi connectivity index (χ4n) is 1.46. The molecule has 1 N–H and O–H groups in total. The highest BCUT2D eigenvalue weighted by Crippen LogP contribution is 2.22. The van der Waals surface area contributed by atoms with E-state index in [2.05, 4.69) is 30.1 Å². The van der Waals surface area contributed by atoms with Crippen molar-refractivity contribution in [2.45, 2.75) is 32.2 Å². The minimum absolute atomic E-state index is 0.119. The van der Waals surface area contributed by atoms with Crippen molar-refractivity contribution < 1.29 is 0 Å². The van der Waals surface area contributed by atoms with Gasteiger partial charge in [-0.25, -0.2) is 10.4 Å². The number of unbranched alkanes of at least 4 members (excludes halogenated alkanes) is 1. The zero-order chi connectivity index (χ0) is 10.2. The summed E-state index contributed by atoms with van der Waals surface area (Å²) in [5, 5.41) is 6.90. The molecule has 0 heterocycles. The first-order valence-corrected chi connectivity index (χ1v) is 5.05. The Kier molecular flexibility index (Phi) is 4.66. The molecule has 1 aromatic carbocycles. The van der Waals surface area contributed by atoms with Crippen LogP contribution in [-0.2, 0) is 0 Å². The van der Waals surface area contributed by atoms with Crippen LogP contribution in [0.5, 0.6) is 0 Å². The number of rotatable bonds is 5. The Morgan fingerprint density at radius 1 is 1.36 bits per heavy atom. The SMILES string of the molecule is CCCCC(N=C=N)c1ccccc1. The van der Waals surface area contributed by atoms with Gasteiger partial charge in [-0.05, 0) is 12.0 Å². The van der Waals surface area contributed by atoms with Crippen molar-refractivity contribution in [2.24, 2.45) is 4.99 Å². The van der Waals surface area contributed by atoms with Gasteiger partial charge < -0.3 is 0 Å². The third-order valence-electron chi connectivity index (χ3n) is 2.24. The van der Waals surface area contributed by atoms with Gasteiger partial charge in [-0.2, -0.15) is 0 Å². The third-order valence-corrected chi connectivity index (χ3v) is 2.24. The molecule has 0 spiro atoms. The Labute approximate surface area is 85.2 Å². The minimum atomic E-state index is 0.119. The van der Waals surface area contributed by atoms with Gasteiger partial charge in [0.05, 0.1) is 12.1 Å². The van der Waals surface area contributed by atoms with Crippen LogP contribution in [-0.4, -0.2) is 6.01 Å². The van der Waals surface area contributed by atoms with E-state index in [1.54, 1.807) is 0 Å². The lowest BCUT2D eigenvalue weighted by atomic mass is 10.0. The predicted molar refractivity (Wildman–Crippen MR) is 58.9 cm³/mol. The Bertz CT molecular complexity index is 299. The van der Waals surface area contributed by atoms with Crippen LogP contribution in [0.4, 0.5) is 0 Å². The van der Waals surface area contributed by atoms with E-state index in [9.17, 15) is 0 Å². The van der Waals surface area contributed by atoms with E-state index >= 15 is 0 Å². The van der Waals surface area contributed by atoms with Crippen LogP contribution in [0.25, 0.3) is 0 Å². The first-order chi connectivity index (χ1) is 6.88. The Morgan fingerprint density at radius 3 is 2.64 bits per heavy atom. The zero-order valence-electron chi connectivity index (χ0n) is 8.53. The maximum absolute atomic E-state index is 6.90. The summed E-state index contributed by atoms with van der Waals surface area (Å²) in [6.45, 7) is 2.16. The minimum Gasteiger partial charge on any atom is -0.242 e. The number of nitrogens with one attached hydrogen (secondary N) is 1. The van der Waals surface area contributed by atoms with Gasteiger partial charge in [0.15, 0.2) is 0 Å². The average Bonchev–Trinajstić information content (AvgIpc) is 2.25. The molecule has 2 heteroatoms. The topological polar surface area (TPSA) is 36.2 Å². The molecule has 0 amide bonds. The van der Waals surface area contributed by atoms with E-state index in [4.69, 9.17) is 5.41 Å². The normalized spacial score (nSPS) is 11.8. The van der Waals surface area contributed by atoms with Crippen LogP contribution in [0.15, 0.2) is 35.3 Å². The van der Waals surface area contributed by atoms with Gasteiger partial charge in [-0.3, -0.25) is 0 Å². The lowest BCUT2D eigenvalue weighted by molar-refractivity contribution is 0.607. The van der Waals surface area contributed by atoms with Crippen molar-refractivity contribution in [3.8, 4) is 0 Å². The lowest BCUT2D eigenvalue weighted by Gasteiger charge is -2.09. The second kappa shape index (κ2) is 6.11. The molecule has 0 radical (unpaired) electrons. The molecule has 0 aliphatic heterocycles. The summed E-state index contributed by atoms with van der Waals surface area (Å²) in [7, 11) is 0. The second-order valence-corrected chi connectivity index (χ2v) is 3.31. The zero-order valence-corrected chi connectivity index (χ0v) is 8.53. The summed E-state index contributed by atoms with van der Waals surface area (Å²) in [5.74, 6) is 0. The molecule has 0 aromatic heterocycles. The van der Waals surface area contributed by atoms with Gasteiger partial charge in [0.1, 0.15) is 0 Å². The van der Waals surface area contributed by atoms with Crippen LogP contribution >= 0.6 is 0 Å². The molecular weight excluding hydrogens is 172 g/mol. The molecule has 74 valence electrons. The van der Waals surface area contributed by atoms with Crippen molar-refractivity contribution in [2.75, 3.05) is 0 Å². The van der Waals surface area contributed by atoms with Crippen LogP contribution in [0.2, 0.25) is 0 Å². The molecule has 14 heavy (non-hydrogen) atoms. The molecule has 0 saturated carbocycles. The summed E-state index contributed by atoms with van der Waals surface area (Å²) < 4.78 is 0. The smallest absolute Gasteiger partial charge is 0.0868 e. The van der Waals surface area contributed by atoms with Gasteiger partial charge in [-0.15, -0.1) is 0 Å². The van der Waals surface area contributed by atoms with Crippen LogP contribution in [0.1, 0.15) is 37.8 Å². The maximum Gasteiger partial charge on any atom is 0.0868 e. The molecular formula is C12H16N2. The molecule has 1 rings (SSSR count). The molecule has 0 aliphatic carbocycles. The number of hydrogen-bond donors (Lipinski definition) is 1. The first-order valence-electron chi connectivity index (χ1n) is 5.05. The van der Waals surface area contributed by atoms with Gasteiger partial charge in [0.25, 0.3) is 0 Å². The highest BCUT2D eigenvalue weighted by Gasteiger charge is 2.07. The van der Waals surface area contributed by atoms with E-state index in [0.717, 1.165) is 19.3 Å². The summed E-state index contributed by atoms with van der Waals surface area (Å²) in [5.41, 5.74) is 1.18. The predicted octanol–water partition coefficient (Wildman–Crippen LogP) is 3.67. The quantitative estimate of drug-likeness (QED) is 0.684. The Hall–Kier alpha value is -1.40. The highest BCUT2D eigenvalue weighted by molar-refractivity contribution is 5.37. The van der Waals surface area contributed by atoms with Gasteiger partial charge in [0.2, 0.25) is 0 Å². The highest BCUT2D eigenvalue weighted by atomic mass is 14.8. The number of hydrogen-bond acceptors (Lipinski definition) is 2. The summed E-state index contributed by atoms with van der Waals surface area (Å²) in [6.07, 6.45) is 3.31. The fourth-order valence-corrected chi connectivity index (χ4v) is 1.46. The second-order valence-electron chi connectivity index (χ2n) is 3.31. The average molecular weight is 188 g/mol. The lowest BCUT2D eigenvalue weighted by Crippen LogP contribution is -1.94. The molecule has 1 atom stereocenters. The van der Waals surface area contributed by atoms with E-state index in [-0.39, 0.29) is 6.04 Å². The molecule has 2 nitrogen and oxygen atoms in total. The van der Waals surface area contributed by atoms with Crippen LogP contribution in [0, 0.1) is 5.41 Å². The Balaban J connectivity index is 2.72. The fraction of sp³-hybridized carbons (Fsp3) is 0.417. The summed E-state index contributed by atoms with van der Waals surface area (Å²) in [4.78, 5) is 4.05. The van der Waals surface area contributed by atoms with E-state index in [1.807, 2.05) is 18.2 Å². The molecule has 0 aliphatic rings. The standard InChI is InChI=1S/C12H16N2/c1-2-3-9-12(14-10-13)11-7-5-4-6-8-11/h4-8,12-13H,2-3,9H2,1H3. The molecule has 1 unspecified atom stereocenters. The molecule has 0 saturated heterocycles.